The fraction of sp³-hybridized carbons (Fsp3) is 0.500. The van der Waals surface area contributed by atoms with Crippen molar-refractivity contribution in [2.24, 2.45) is 0 Å². The van der Waals surface area contributed by atoms with Crippen LogP contribution in [0.4, 0.5) is 5.82 Å². The Morgan fingerprint density at radius 1 is 1.00 bits per heavy atom. The third kappa shape index (κ3) is 14.4. The molecule has 1 saturated heterocycles. The van der Waals surface area contributed by atoms with Crippen molar-refractivity contribution in [2.75, 3.05) is 12.3 Å². The van der Waals surface area contributed by atoms with E-state index < -0.39 is 46.8 Å². The molecule has 2 aromatic rings. The number of fused-ring (bicyclic) bond motifs is 1. The molecule has 1 aliphatic heterocycles. The molecule has 26 heteroatoms. The van der Waals surface area contributed by atoms with Gasteiger partial charge in [0.25, 0.3) is 0 Å². The maximum Gasteiger partial charge on any atom is 1.00 e. The van der Waals surface area contributed by atoms with E-state index in [-0.39, 0.29) is 97.8 Å². The molecule has 19 N–H and O–H groups in total. The van der Waals surface area contributed by atoms with Gasteiger partial charge in [0.15, 0.2) is 17.7 Å². The van der Waals surface area contributed by atoms with Crippen molar-refractivity contribution in [3.8, 4) is 0 Å². The molecule has 3 rings (SSSR count). The van der Waals surface area contributed by atoms with E-state index in [9.17, 15) is 29.1 Å². The van der Waals surface area contributed by atoms with Gasteiger partial charge in [0.05, 0.1) is 20.8 Å². The first kappa shape index (κ1) is 52.6. The van der Waals surface area contributed by atoms with E-state index >= 15 is 0 Å². The van der Waals surface area contributed by atoms with Gasteiger partial charge in [-0.3, -0.25) is 8.88 Å². The Kier molecular flexibility index (Phi) is 30.8. The van der Waals surface area contributed by atoms with Crippen LogP contribution in [0.1, 0.15) is 6.23 Å². The van der Waals surface area contributed by atoms with Gasteiger partial charge >= 0.3 is 66.9 Å². The molecule has 0 amide bonds. The van der Waals surface area contributed by atoms with Crippen LogP contribution in [0, 0.1) is 0 Å². The van der Waals surface area contributed by atoms with Gasteiger partial charge in [0.1, 0.15) is 30.2 Å². The number of aliphatic hydroxyl groups excluding tert-OH is 3. The average molecular weight is 597 g/mol. The van der Waals surface area contributed by atoms with Crippen LogP contribution in [0.15, 0.2) is 12.7 Å². The Balaban J connectivity index is -0.0000000888. The summed E-state index contributed by atoms with van der Waals surface area (Å²) >= 11 is 0. The third-order valence-electron chi connectivity index (χ3n) is 3.38. The van der Waals surface area contributed by atoms with Crippen LogP contribution in [0.25, 0.3) is 11.2 Å². The van der Waals surface area contributed by atoms with Crippen LogP contribution in [-0.4, -0.2) is 102 Å². The van der Waals surface area contributed by atoms with Crippen molar-refractivity contribution >= 4 is 32.6 Å². The van der Waals surface area contributed by atoms with Crippen molar-refractivity contribution in [3.63, 3.8) is 0 Å². The summed E-state index contributed by atoms with van der Waals surface area (Å²) in [5.41, 5.74) is 6.44. The summed E-state index contributed by atoms with van der Waals surface area (Å²) in [5.74, 6) is 0.218. The Bertz CT molecular complexity index is 910. The van der Waals surface area contributed by atoms with Gasteiger partial charge in [-0.05, 0) is 0 Å². The number of hydrogen-bond acceptors (Lipinski definition) is 13. The second kappa shape index (κ2) is 21.1. The zero-order chi connectivity index (χ0) is 21.3. The largest absolute Gasteiger partial charge is 1.00 e. The molecular formula is C10H27N5Na2O17P2. The Hall–Kier alpha value is 0.210. The third-order valence-corrected chi connectivity index (χ3v) is 5.04. The van der Waals surface area contributed by atoms with Crippen molar-refractivity contribution in [2.45, 2.75) is 24.5 Å². The maximum atomic E-state index is 9.95. The van der Waals surface area contributed by atoms with Crippen LogP contribution >= 0.6 is 15.6 Å². The second-order valence-electron chi connectivity index (χ2n) is 5.33. The van der Waals surface area contributed by atoms with Crippen LogP contribution in [-0.2, 0) is 18.2 Å². The summed E-state index contributed by atoms with van der Waals surface area (Å²) in [4.78, 5) is 46.0. The van der Waals surface area contributed by atoms with Crippen molar-refractivity contribution in [1.82, 2.24) is 19.5 Å². The molecule has 4 atom stereocenters. The number of nitrogens with two attached hydrogens (primary N) is 1. The van der Waals surface area contributed by atoms with Crippen LogP contribution in [0.3, 0.4) is 0 Å². The molecule has 36 heavy (non-hydrogen) atoms. The summed E-state index contributed by atoms with van der Waals surface area (Å²) in [6.07, 6.45) is -1.42. The SMILES string of the molecule is Nc1ncnc2c1ncn2[C@@H]1O[C@H](CO)[C@@H](O)[C@H]1O.O.O.O.O.O.O.O=P([O-])([O-])OP(=O)(O)O.[Na+].[Na+]. The average Bonchev–Trinajstić information content (AvgIpc) is 3.08. The molecule has 0 radical (unpaired) electrons. The number of aromatic nitrogens is 4. The van der Waals surface area contributed by atoms with Gasteiger partial charge in [-0.1, -0.05) is 0 Å². The molecule has 0 aliphatic carbocycles. The summed E-state index contributed by atoms with van der Waals surface area (Å²) in [6, 6.07) is 0. The van der Waals surface area contributed by atoms with E-state index in [0.29, 0.717) is 11.2 Å². The van der Waals surface area contributed by atoms with Gasteiger partial charge in [-0.25, -0.2) is 19.5 Å². The summed E-state index contributed by atoms with van der Waals surface area (Å²) < 4.78 is 28.5. The van der Waals surface area contributed by atoms with Crippen molar-refractivity contribution in [1.29, 1.82) is 0 Å². The van der Waals surface area contributed by atoms with E-state index in [1.54, 1.807) is 0 Å². The van der Waals surface area contributed by atoms with Crippen LogP contribution in [0.5, 0.6) is 0 Å². The molecule has 0 saturated carbocycles. The number of nitrogen functional groups attached to an aromatic ring is 1. The van der Waals surface area contributed by atoms with E-state index in [0.717, 1.165) is 0 Å². The molecule has 0 unspecified atom stereocenters. The number of hydrogen-bond donors (Lipinski definition) is 6. The number of imidazole rings is 1. The Labute approximate surface area is 245 Å². The van der Waals surface area contributed by atoms with Gasteiger partial charge < -0.3 is 82.8 Å². The van der Waals surface area contributed by atoms with Crippen molar-refractivity contribution < 1.29 is 145 Å². The first-order valence-electron chi connectivity index (χ1n) is 7.18. The molecule has 0 aromatic carbocycles. The number of aliphatic hydroxyl groups is 3. The maximum absolute atomic E-state index is 9.95. The second-order valence-corrected chi connectivity index (χ2v) is 7.86. The molecule has 0 bridgehead atoms. The molecule has 1 aliphatic rings. The number of phosphoric acid groups is 2. The quantitative estimate of drug-likeness (QED) is 0.141. The first-order chi connectivity index (χ1) is 12.8. The van der Waals surface area contributed by atoms with E-state index in [1.807, 2.05) is 0 Å². The summed E-state index contributed by atoms with van der Waals surface area (Å²) in [5, 5.41) is 28.7. The minimum absolute atomic E-state index is 0. The molecule has 3 heterocycles. The predicted octanol–water partition coefficient (Wildman–Crippen LogP) is -15.0. The molecule has 206 valence electrons. The molecule has 0 spiro atoms. The number of ether oxygens (including phenoxy) is 1. The normalized spacial score (nSPS) is 19.9. The van der Waals surface area contributed by atoms with Gasteiger partial charge in [-0.15, -0.1) is 0 Å². The zero-order valence-corrected chi connectivity index (χ0v) is 24.4. The van der Waals surface area contributed by atoms with E-state index in [1.165, 1.54) is 17.2 Å². The standard InChI is InChI=1S/C10H13N5O4.2Na.H4O7P2.6H2O/c11-8-5-9(13-2-12-8)15(3-14-5)10-7(18)6(17)4(1-16)19-10;;;1-8(2,3)7-9(4,5)6;;;;;;/h2-4,6-7,10,16-18H,1H2,(H2,11,12,13);;;(H2,1,2,3)(H2,4,5,6);6*1H2/q;2*+1;;;;;;;/p-2/t4-,6-,7-,10-;;;;;;;;;/m1........./s1. The van der Waals surface area contributed by atoms with Crippen molar-refractivity contribution in [3.05, 3.63) is 12.7 Å². The zero-order valence-electron chi connectivity index (χ0n) is 18.6. The number of nitrogens with zero attached hydrogens (tertiary/aromatic N) is 4. The Morgan fingerprint density at radius 3 is 1.86 bits per heavy atom. The topological polar surface area (TPSA) is 458 Å². The predicted molar refractivity (Wildman–Crippen MR) is 105 cm³/mol. The monoisotopic (exact) mass is 597 g/mol. The van der Waals surface area contributed by atoms with E-state index in [4.69, 9.17) is 25.4 Å². The number of anilines is 1. The fourth-order valence-electron chi connectivity index (χ4n) is 2.30. The molecule has 1 fully saturated rings. The van der Waals surface area contributed by atoms with Gasteiger partial charge in [0.2, 0.25) is 0 Å². The smallest absolute Gasteiger partial charge is 0.789 e. The van der Waals surface area contributed by atoms with Crippen LogP contribution in [0.2, 0.25) is 0 Å². The molecule has 2 aromatic heterocycles. The Morgan fingerprint density at radius 2 is 1.50 bits per heavy atom. The first-order valence-corrected chi connectivity index (χ1v) is 10.2. The molecule has 22 nitrogen and oxygen atoms in total. The van der Waals surface area contributed by atoms with Crippen LogP contribution < -0.4 is 74.6 Å². The van der Waals surface area contributed by atoms with E-state index in [2.05, 4.69) is 19.3 Å². The molecular weight excluding hydrogens is 570 g/mol. The summed E-state index contributed by atoms with van der Waals surface area (Å²) in [7, 11) is -10.7. The minimum atomic E-state index is -5.55. The van der Waals surface area contributed by atoms with Gasteiger partial charge in [0, 0.05) is 0 Å². The summed E-state index contributed by atoms with van der Waals surface area (Å²) in [6.45, 7) is -0.390. The fourth-order valence-corrected chi connectivity index (χ4v) is 3.34. The number of rotatable bonds is 4. The minimum Gasteiger partial charge on any atom is -0.789 e. The van der Waals surface area contributed by atoms with Gasteiger partial charge in [-0.2, -0.15) is 0 Å².